The second-order valence-electron chi connectivity index (χ2n) is 7.89. The number of amides is 1. The first-order valence-corrected chi connectivity index (χ1v) is 10.2. The van der Waals surface area contributed by atoms with Crippen molar-refractivity contribution >= 4 is 38.6 Å². The van der Waals surface area contributed by atoms with Crippen LogP contribution in [0.25, 0.3) is 11.0 Å². The highest BCUT2D eigenvalue weighted by Crippen LogP contribution is 2.37. The molecule has 0 saturated heterocycles. The molecule has 4 N–H and O–H groups in total. The fourth-order valence-corrected chi connectivity index (χ4v) is 3.56. The van der Waals surface area contributed by atoms with Gasteiger partial charge < -0.3 is 30.1 Å². The minimum atomic E-state index is -0.326. The SMILES string of the molecule is COc1cc(CNc2ccc3[nH]c(=O)[nH]c3c2)cc(Br)c1OCC(=O)NC(C)(C)C. The van der Waals surface area contributed by atoms with Gasteiger partial charge in [-0.05, 0) is 72.6 Å². The number of aromatic amines is 2. The minimum Gasteiger partial charge on any atom is -0.493 e. The maximum Gasteiger partial charge on any atom is 0.323 e. The van der Waals surface area contributed by atoms with Crippen molar-refractivity contribution in [2.45, 2.75) is 32.9 Å². The third-order valence-electron chi connectivity index (χ3n) is 4.16. The van der Waals surface area contributed by atoms with Crippen LogP contribution in [0.3, 0.4) is 0 Å². The molecule has 0 spiro atoms. The summed E-state index contributed by atoms with van der Waals surface area (Å²) in [4.78, 5) is 28.9. The van der Waals surface area contributed by atoms with Crippen LogP contribution in [0, 0.1) is 0 Å². The number of ether oxygens (including phenoxy) is 2. The van der Waals surface area contributed by atoms with Gasteiger partial charge in [-0.1, -0.05) is 0 Å². The van der Waals surface area contributed by atoms with Gasteiger partial charge in [0.1, 0.15) is 0 Å². The van der Waals surface area contributed by atoms with Gasteiger partial charge in [-0.25, -0.2) is 4.79 Å². The van der Waals surface area contributed by atoms with Crippen LogP contribution in [0.4, 0.5) is 5.69 Å². The number of anilines is 1. The van der Waals surface area contributed by atoms with Crippen molar-refractivity contribution in [1.29, 1.82) is 0 Å². The van der Waals surface area contributed by atoms with Gasteiger partial charge in [0.05, 0.1) is 22.6 Å². The van der Waals surface area contributed by atoms with Crippen LogP contribution >= 0.6 is 15.9 Å². The molecule has 30 heavy (non-hydrogen) atoms. The van der Waals surface area contributed by atoms with Crippen molar-refractivity contribution in [2.75, 3.05) is 19.0 Å². The van der Waals surface area contributed by atoms with Gasteiger partial charge in [-0.3, -0.25) is 4.79 Å². The molecule has 0 bridgehead atoms. The van der Waals surface area contributed by atoms with Crippen molar-refractivity contribution < 1.29 is 14.3 Å². The average molecular weight is 477 g/mol. The second-order valence-corrected chi connectivity index (χ2v) is 8.74. The van der Waals surface area contributed by atoms with E-state index >= 15 is 0 Å². The maximum absolute atomic E-state index is 12.0. The summed E-state index contributed by atoms with van der Waals surface area (Å²) in [6.07, 6.45) is 0. The van der Waals surface area contributed by atoms with Gasteiger partial charge in [0, 0.05) is 17.8 Å². The van der Waals surface area contributed by atoms with Crippen LogP contribution in [-0.4, -0.2) is 35.1 Å². The third-order valence-corrected chi connectivity index (χ3v) is 4.75. The van der Waals surface area contributed by atoms with Crippen LogP contribution in [0.15, 0.2) is 39.6 Å². The molecule has 0 unspecified atom stereocenters. The molecule has 0 fully saturated rings. The molecular formula is C21H25BrN4O4. The Labute approximate surface area is 182 Å². The molecule has 0 atom stereocenters. The fourth-order valence-electron chi connectivity index (χ4n) is 2.95. The minimum absolute atomic E-state index is 0.112. The lowest BCUT2D eigenvalue weighted by Gasteiger charge is -2.21. The van der Waals surface area contributed by atoms with Gasteiger partial charge in [-0.15, -0.1) is 0 Å². The van der Waals surface area contributed by atoms with E-state index in [1.54, 1.807) is 7.11 Å². The quantitative estimate of drug-likeness (QED) is 0.417. The van der Waals surface area contributed by atoms with Crippen molar-refractivity contribution in [2.24, 2.45) is 0 Å². The summed E-state index contributed by atoms with van der Waals surface area (Å²) in [6.45, 7) is 6.15. The Morgan fingerprint density at radius 2 is 1.87 bits per heavy atom. The molecule has 0 saturated carbocycles. The molecule has 1 heterocycles. The van der Waals surface area contributed by atoms with Gasteiger partial charge in [0.15, 0.2) is 18.1 Å². The van der Waals surface area contributed by atoms with E-state index in [0.717, 1.165) is 22.3 Å². The van der Waals surface area contributed by atoms with Crippen molar-refractivity contribution in [1.82, 2.24) is 15.3 Å². The number of hydrogen-bond acceptors (Lipinski definition) is 5. The zero-order chi connectivity index (χ0) is 21.9. The molecule has 8 nitrogen and oxygen atoms in total. The van der Waals surface area contributed by atoms with E-state index in [1.165, 1.54) is 0 Å². The summed E-state index contributed by atoms with van der Waals surface area (Å²) >= 11 is 3.50. The molecule has 2 aromatic carbocycles. The molecule has 160 valence electrons. The highest BCUT2D eigenvalue weighted by atomic mass is 79.9. The normalized spacial score (nSPS) is 11.4. The number of methoxy groups -OCH3 is 1. The van der Waals surface area contributed by atoms with Crippen molar-refractivity contribution in [3.63, 3.8) is 0 Å². The number of benzene rings is 2. The molecule has 3 rings (SSSR count). The van der Waals surface area contributed by atoms with Crippen molar-refractivity contribution in [3.05, 3.63) is 50.9 Å². The summed E-state index contributed by atoms with van der Waals surface area (Å²) < 4.78 is 11.8. The Bertz CT molecular complexity index is 1110. The maximum atomic E-state index is 12.0. The largest absolute Gasteiger partial charge is 0.493 e. The molecule has 0 aliphatic carbocycles. The van der Waals surface area contributed by atoms with E-state index < -0.39 is 0 Å². The summed E-state index contributed by atoms with van der Waals surface area (Å²) in [7, 11) is 1.55. The molecule has 1 aromatic heterocycles. The Kier molecular flexibility index (Phi) is 6.40. The smallest absolute Gasteiger partial charge is 0.323 e. The summed E-state index contributed by atoms with van der Waals surface area (Å²) in [5, 5.41) is 6.17. The van der Waals surface area contributed by atoms with Crippen LogP contribution < -0.4 is 25.8 Å². The Morgan fingerprint density at radius 1 is 1.13 bits per heavy atom. The van der Waals surface area contributed by atoms with Crippen molar-refractivity contribution in [3.8, 4) is 11.5 Å². The Balaban J connectivity index is 1.69. The summed E-state index contributed by atoms with van der Waals surface area (Å²) in [5.74, 6) is 0.784. The zero-order valence-electron chi connectivity index (χ0n) is 17.3. The van der Waals surface area contributed by atoms with Gasteiger partial charge in [-0.2, -0.15) is 0 Å². The number of hydrogen-bond donors (Lipinski definition) is 4. The van der Waals surface area contributed by atoms with E-state index in [-0.39, 0.29) is 23.7 Å². The molecule has 9 heteroatoms. The van der Waals surface area contributed by atoms with E-state index in [2.05, 4.69) is 36.5 Å². The first-order chi connectivity index (χ1) is 14.1. The number of fused-ring (bicyclic) bond motifs is 1. The first-order valence-electron chi connectivity index (χ1n) is 9.41. The predicted molar refractivity (Wildman–Crippen MR) is 120 cm³/mol. The number of carbonyl (C=O) groups is 1. The van der Waals surface area contributed by atoms with Crippen LogP contribution in [0.1, 0.15) is 26.3 Å². The molecule has 1 amide bonds. The number of halogens is 1. The Morgan fingerprint density at radius 3 is 2.57 bits per heavy atom. The molecule has 3 aromatic rings. The van der Waals surface area contributed by atoms with Crippen LogP contribution in [0.5, 0.6) is 11.5 Å². The third kappa shape index (κ3) is 5.56. The number of imidazole rings is 1. The lowest BCUT2D eigenvalue weighted by atomic mass is 10.1. The number of carbonyl (C=O) groups excluding carboxylic acids is 1. The molecular weight excluding hydrogens is 452 g/mol. The van der Waals surface area contributed by atoms with E-state index in [9.17, 15) is 9.59 Å². The van der Waals surface area contributed by atoms with E-state index in [0.29, 0.717) is 22.5 Å². The van der Waals surface area contributed by atoms with E-state index in [1.807, 2.05) is 51.1 Å². The number of aromatic nitrogens is 2. The molecule has 0 aliphatic rings. The highest BCUT2D eigenvalue weighted by Gasteiger charge is 2.17. The highest BCUT2D eigenvalue weighted by molar-refractivity contribution is 9.10. The van der Waals surface area contributed by atoms with Gasteiger partial charge >= 0.3 is 5.69 Å². The first kappa shape index (κ1) is 21.8. The zero-order valence-corrected chi connectivity index (χ0v) is 18.9. The number of rotatable bonds is 7. The number of nitrogens with one attached hydrogen (secondary N) is 4. The van der Waals surface area contributed by atoms with E-state index in [4.69, 9.17) is 9.47 Å². The van der Waals surface area contributed by atoms with Gasteiger partial charge in [0.25, 0.3) is 5.91 Å². The molecule has 0 aliphatic heterocycles. The topological polar surface area (TPSA) is 108 Å². The second kappa shape index (κ2) is 8.83. The fraction of sp³-hybridized carbons (Fsp3) is 0.333. The monoisotopic (exact) mass is 476 g/mol. The van der Waals surface area contributed by atoms with Crippen LogP contribution in [-0.2, 0) is 11.3 Å². The Hall–Kier alpha value is -2.94. The molecule has 0 radical (unpaired) electrons. The predicted octanol–water partition coefficient (Wildman–Crippen LogP) is 3.53. The lowest BCUT2D eigenvalue weighted by molar-refractivity contribution is -0.124. The van der Waals surface area contributed by atoms with Gasteiger partial charge in [0.2, 0.25) is 0 Å². The van der Waals surface area contributed by atoms with Crippen LogP contribution in [0.2, 0.25) is 0 Å². The number of H-pyrrole nitrogens is 2. The average Bonchev–Trinajstić information content (AvgIpc) is 3.02. The summed E-state index contributed by atoms with van der Waals surface area (Å²) in [5.41, 5.74) is 2.75. The summed E-state index contributed by atoms with van der Waals surface area (Å²) in [6, 6.07) is 9.36. The standard InChI is InChI=1S/C21H25BrN4O4/c1-21(2,3)26-18(27)11-30-19-14(22)7-12(8-17(19)29-4)10-23-13-5-6-15-16(9-13)25-20(28)24-15/h5-9,23H,10-11H2,1-4H3,(H,26,27)(H2,24,25,28). The lowest BCUT2D eigenvalue weighted by Crippen LogP contribution is -2.43.